The number of methoxy groups -OCH3 is 1. The normalized spacial score (nSPS) is 15.2. The van der Waals surface area contributed by atoms with E-state index in [1.807, 2.05) is 43.3 Å². The van der Waals surface area contributed by atoms with Crippen molar-refractivity contribution in [2.24, 2.45) is 0 Å². The van der Waals surface area contributed by atoms with Crippen molar-refractivity contribution in [2.45, 2.75) is 19.3 Å². The lowest BCUT2D eigenvalue weighted by molar-refractivity contribution is -0.116. The van der Waals surface area contributed by atoms with E-state index in [0.717, 1.165) is 28.1 Å². The zero-order valence-corrected chi connectivity index (χ0v) is 18.2. The number of nitrogens with one attached hydrogen (secondary N) is 1. The first-order chi connectivity index (χ1) is 15.5. The molecule has 2 aromatic heterocycles. The van der Waals surface area contributed by atoms with Crippen LogP contribution in [-0.4, -0.2) is 38.0 Å². The maximum absolute atomic E-state index is 12.6. The summed E-state index contributed by atoms with van der Waals surface area (Å²) in [5, 5.41) is 16.5. The van der Waals surface area contributed by atoms with Crippen LogP contribution in [0.3, 0.4) is 0 Å². The van der Waals surface area contributed by atoms with Gasteiger partial charge < -0.3 is 10.1 Å². The van der Waals surface area contributed by atoms with E-state index >= 15 is 0 Å². The number of ether oxygens (including phenoxy) is 1. The fourth-order valence-electron chi connectivity index (χ4n) is 3.98. The second-order valence-corrected chi connectivity index (χ2v) is 7.93. The average Bonchev–Trinajstić information content (AvgIpc) is 3.15. The van der Waals surface area contributed by atoms with Crippen molar-refractivity contribution in [3.05, 3.63) is 76.6 Å². The monoisotopic (exact) mass is 446 g/mol. The Morgan fingerprint density at radius 2 is 2.00 bits per heavy atom. The van der Waals surface area contributed by atoms with Gasteiger partial charge in [-0.05, 0) is 36.8 Å². The largest absolute Gasteiger partial charge is 0.497 e. The zero-order chi connectivity index (χ0) is 22.2. The number of nitrogens with zero attached hydrogens (tertiary/aromatic N) is 5. The molecule has 3 heterocycles. The minimum atomic E-state index is -0.157. The molecule has 0 saturated carbocycles. The maximum atomic E-state index is 12.6. The topological polar surface area (TPSA) is 94.8 Å². The third-order valence-corrected chi connectivity index (χ3v) is 5.73. The highest BCUT2D eigenvalue weighted by atomic mass is 35.5. The third kappa shape index (κ3) is 3.58. The quantitative estimate of drug-likeness (QED) is 0.505. The number of amides is 1. The number of aromatic nitrogens is 5. The molecular formula is C23H19ClN6O2. The highest BCUT2D eigenvalue weighted by molar-refractivity contribution is 6.30. The van der Waals surface area contributed by atoms with E-state index in [2.05, 4.69) is 25.6 Å². The lowest BCUT2D eigenvalue weighted by Gasteiger charge is -2.24. The van der Waals surface area contributed by atoms with Crippen molar-refractivity contribution >= 4 is 23.3 Å². The van der Waals surface area contributed by atoms with E-state index < -0.39 is 0 Å². The van der Waals surface area contributed by atoms with Crippen LogP contribution in [-0.2, 0) is 4.79 Å². The molecule has 160 valence electrons. The highest BCUT2D eigenvalue weighted by Gasteiger charge is 2.33. The summed E-state index contributed by atoms with van der Waals surface area (Å²) in [5.41, 5.74) is 4.17. The molecule has 1 N–H and O–H groups in total. The van der Waals surface area contributed by atoms with Crippen LogP contribution in [0.2, 0.25) is 5.02 Å². The predicted octanol–water partition coefficient (Wildman–Crippen LogP) is 4.17. The summed E-state index contributed by atoms with van der Waals surface area (Å²) < 4.78 is 6.91. The number of carbonyl (C=O) groups excluding carboxylic acids is 1. The van der Waals surface area contributed by atoms with Crippen molar-refractivity contribution in [1.29, 1.82) is 0 Å². The molecule has 1 unspecified atom stereocenters. The molecular weight excluding hydrogens is 428 g/mol. The summed E-state index contributed by atoms with van der Waals surface area (Å²) in [6.07, 6.45) is 1.89. The molecule has 1 amide bonds. The van der Waals surface area contributed by atoms with Crippen LogP contribution in [0.1, 0.15) is 29.2 Å². The number of rotatable bonds is 4. The first kappa shape index (κ1) is 20.1. The van der Waals surface area contributed by atoms with Crippen LogP contribution >= 0.6 is 11.6 Å². The van der Waals surface area contributed by atoms with Crippen molar-refractivity contribution in [2.75, 3.05) is 12.4 Å². The van der Waals surface area contributed by atoms with Crippen molar-refractivity contribution < 1.29 is 9.53 Å². The van der Waals surface area contributed by atoms with E-state index in [1.165, 1.54) is 0 Å². The van der Waals surface area contributed by atoms with E-state index in [4.69, 9.17) is 16.3 Å². The number of anilines is 1. The first-order valence-electron chi connectivity index (χ1n) is 10.0. The van der Waals surface area contributed by atoms with Gasteiger partial charge in [-0.15, -0.1) is 5.10 Å². The second-order valence-electron chi connectivity index (χ2n) is 7.49. The van der Waals surface area contributed by atoms with Gasteiger partial charge in [0.05, 0.1) is 24.7 Å². The number of fused-ring (bicyclic) bond motifs is 1. The molecule has 0 aliphatic carbocycles. The van der Waals surface area contributed by atoms with Crippen molar-refractivity contribution in [3.8, 4) is 23.0 Å². The molecule has 0 bridgehead atoms. The molecule has 0 radical (unpaired) electrons. The minimum absolute atomic E-state index is 0.103. The van der Waals surface area contributed by atoms with Gasteiger partial charge in [0.1, 0.15) is 11.6 Å². The fourth-order valence-corrected chi connectivity index (χ4v) is 4.10. The SMILES string of the molecule is COc1cccc(C2CC(=O)Nc3c2c(C)nn3-c2nncc(-c3ccc(Cl)cc3)n2)c1. The third-order valence-electron chi connectivity index (χ3n) is 5.48. The summed E-state index contributed by atoms with van der Waals surface area (Å²) in [6, 6.07) is 15.0. The number of hydrogen-bond acceptors (Lipinski definition) is 6. The number of hydrogen-bond donors (Lipinski definition) is 1. The van der Waals surface area contributed by atoms with Crippen molar-refractivity contribution in [3.63, 3.8) is 0 Å². The van der Waals surface area contributed by atoms with Crippen LogP contribution < -0.4 is 10.1 Å². The molecule has 5 rings (SSSR count). The molecule has 1 aliphatic rings. The Hall–Kier alpha value is -3.78. The number of carbonyl (C=O) groups is 1. The Morgan fingerprint density at radius 3 is 2.78 bits per heavy atom. The molecule has 1 atom stereocenters. The standard InChI is InChI=1S/C23H19ClN6O2/c1-13-21-18(15-4-3-5-17(10-15)32-2)11-20(31)27-22(21)30(29-13)23-26-19(12-25-28-23)14-6-8-16(24)9-7-14/h3-10,12,18H,11H2,1-2H3,(H,27,31). The molecule has 0 saturated heterocycles. The van der Waals surface area contributed by atoms with Crippen LogP contribution in [0, 0.1) is 6.92 Å². The van der Waals surface area contributed by atoms with Crippen LogP contribution in [0.25, 0.3) is 17.2 Å². The van der Waals surface area contributed by atoms with E-state index in [1.54, 1.807) is 30.1 Å². The molecule has 2 aromatic carbocycles. The molecule has 4 aromatic rings. The Kier molecular flexibility index (Phi) is 5.07. The lowest BCUT2D eigenvalue weighted by Crippen LogP contribution is -2.25. The Bertz CT molecular complexity index is 1320. The van der Waals surface area contributed by atoms with Gasteiger partial charge in [-0.3, -0.25) is 4.79 Å². The Balaban J connectivity index is 1.60. The van der Waals surface area contributed by atoms with E-state index in [0.29, 0.717) is 23.0 Å². The molecule has 8 nitrogen and oxygen atoms in total. The van der Waals surface area contributed by atoms with Gasteiger partial charge in [-0.2, -0.15) is 14.9 Å². The van der Waals surface area contributed by atoms with E-state index in [9.17, 15) is 4.79 Å². The Labute approximate surface area is 189 Å². The number of aryl methyl sites for hydroxylation is 1. The van der Waals surface area contributed by atoms with Crippen molar-refractivity contribution in [1.82, 2.24) is 25.0 Å². The zero-order valence-electron chi connectivity index (χ0n) is 17.4. The van der Waals surface area contributed by atoms with Gasteiger partial charge in [0.15, 0.2) is 0 Å². The molecule has 32 heavy (non-hydrogen) atoms. The summed E-state index contributed by atoms with van der Waals surface area (Å²) in [5.74, 6) is 1.31. The summed E-state index contributed by atoms with van der Waals surface area (Å²) in [7, 11) is 1.62. The maximum Gasteiger partial charge on any atom is 0.272 e. The molecule has 0 fully saturated rings. The summed E-state index contributed by atoms with van der Waals surface area (Å²) in [4.78, 5) is 17.3. The smallest absolute Gasteiger partial charge is 0.272 e. The number of benzene rings is 2. The highest BCUT2D eigenvalue weighted by Crippen LogP contribution is 2.40. The average molecular weight is 447 g/mol. The predicted molar refractivity (Wildman–Crippen MR) is 120 cm³/mol. The van der Waals surface area contributed by atoms with Gasteiger partial charge in [-0.25, -0.2) is 4.98 Å². The second kappa shape index (κ2) is 8.05. The van der Waals surface area contributed by atoms with E-state index in [-0.39, 0.29) is 17.8 Å². The molecule has 0 spiro atoms. The summed E-state index contributed by atoms with van der Waals surface area (Å²) in [6.45, 7) is 1.91. The Morgan fingerprint density at radius 1 is 1.19 bits per heavy atom. The molecule has 1 aliphatic heterocycles. The van der Waals surface area contributed by atoms with Crippen LogP contribution in [0.4, 0.5) is 5.82 Å². The summed E-state index contributed by atoms with van der Waals surface area (Å²) >= 11 is 5.99. The lowest BCUT2D eigenvalue weighted by atomic mass is 9.86. The van der Waals surface area contributed by atoms with Gasteiger partial charge in [0, 0.05) is 28.5 Å². The van der Waals surface area contributed by atoms with Gasteiger partial charge in [0.2, 0.25) is 5.91 Å². The first-order valence-corrected chi connectivity index (χ1v) is 10.4. The minimum Gasteiger partial charge on any atom is -0.497 e. The molecule has 9 heteroatoms. The van der Waals surface area contributed by atoms with Crippen LogP contribution in [0.5, 0.6) is 5.75 Å². The van der Waals surface area contributed by atoms with Gasteiger partial charge in [0.25, 0.3) is 5.95 Å². The van der Waals surface area contributed by atoms with Crippen LogP contribution in [0.15, 0.2) is 54.7 Å². The van der Waals surface area contributed by atoms with Gasteiger partial charge in [-0.1, -0.05) is 35.9 Å². The van der Waals surface area contributed by atoms with Gasteiger partial charge >= 0.3 is 0 Å². The fraction of sp³-hybridized carbons (Fsp3) is 0.174. The number of halogens is 1.